The monoisotopic (exact) mass is 563 g/mol. The quantitative estimate of drug-likeness (QED) is 0.428. The van der Waals surface area contributed by atoms with Crippen molar-refractivity contribution in [1.82, 2.24) is 10.2 Å². The van der Waals surface area contributed by atoms with Crippen LogP contribution in [0.4, 0.5) is 5.69 Å². The van der Waals surface area contributed by atoms with Crippen molar-refractivity contribution in [3.05, 3.63) is 58.6 Å². The van der Waals surface area contributed by atoms with Crippen molar-refractivity contribution in [3.8, 4) is 5.75 Å². The number of nitrogens with one attached hydrogen (secondary N) is 1. The third-order valence-electron chi connectivity index (χ3n) is 6.94. The van der Waals surface area contributed by atoms with Crippen molar-refractivity contribution in [2.24, 2.45) is 0 Å². The molecule has 1 saturated carbocycles. The maximum absolute atomic E-state index is 13.9. The lowest BCUT2D eigenvalue weighted by molar-refractivity contribution is -0.140. The molecule has 1 atom stereocenters. The molecule has 2 aromatic rings. The summed E-state index contributed by atoms with van der Waals surface area (Å²) < 4.78 is 32.1. The van der Waals surface area contributed by atoms with Gasteiger partial charge < -0.3 is 15.0 Å². The maximum Gasteiger partial charge on any atom is 0.244 e. The summed E-state index contributed by atoms with van der Waals surface area (Å²) in [6.07, 6.45) is 6.56. The summed E-state index contributed by atoms with van der Waals surface area (Å²) in [5.74, 6) is -0.0781. The van der Waals surface area contributed by atoms with Crippen LogP contribution in [0.1, 0.15) is 56.6 Å². The summed E-state index contributed by atoms with van der Waals surface area (Å²) in [5.41, 5.74) is 1.76. The van der Waals surface area contributed by atoms with E-state index in [4.69, 9.17) is 16.3 Å². The predicted molar refractivity (Wildman–Crippen MR) is 151 cm³/mol. The number of carbonyl (C=O) groups excluding carboxylic acids is 2. The number of hydrogen-bond acceptors (Lipinski definition) is 5. The number of halogens is 1. The molecular weight excluding hydrogens is 526 g/mol. The van der Waals surface area contributed by atoms with Crippen LogP contribution in [0.2, 0.25) is 5.02 Å². The molecule has 2 amide bonds. The molecule has 1 aliphatic carbocycles. The number of aryl methyl sites for hydroxylation is 1. The van der Waals surface area contributed by atoms with Crippen LogP contribution < -0.4 is 14.4 Å². The SMILES string of the molecule is CCC(C(=O)NC1CCCCC1)N(Cc1cccc(OC)c1)C(=O)CN(c1cc(Cl)ccc1C)S(C)(=O)=O. The van der Waals surface area contributed by atoms with Crippen molar-refractivity contribution >= 4 is 39.1 Å². The molecule has 1 N–H and O–H groups in total. The van der Waals surface area contributed by atoms with Gasteiger partial charge in [0.1, 0.15) is 18.3 Å². The molecule has 0 radical (unpaired) electrons. The Morgan fingerprint density at radius 2 is 1.84 bits per heavy atom. The van der Waals surface area contributed by atoms with Gasteiger partial charge in [-0.25, -0.2) is 8.42 Å². The van der Waals surface area contributed by atoms with Crippen molar-refractivity contribution < 1.29 is 22.7 Å². The van der Waals surface area contributed by atoms with Crippen LogP contribution in [-0.2, 0) is 26.2 Å². The van der Waals surface area contributed by atoms with Gasteiger partial charge in [-0.05, 0) is 61.6 Å². The smallest absolute Gasteiger partial charge is 0.244 e. The standard InChI is InChI=1S/C28H38ClN3O5S/c1-5-25(28(34)30-23-11-7-6-8-12-23)31(18-21-10-9-13-24(16-21)37-3)27(33)19-32(38(4,35)36)26-17-22(29)15-14-20(26)2/h9-10,13-17,23,25H,5-8,11-12,18-19H2,1-4H3,(H,30,34). The number of benzene rings is 2. The van der Waals surface area contributed by atoms with Crippen LogP contribution in [0.5, 0.6) is 5.75 Å². The molecule has 8 nitrogen and oxygen atoms in total. The van der Waals surface area contributed by atoms with Crippen LogP contribution >= 0.6 is 11.6 Å². The van der Waals surface area contributed by atoms with Gasteiger partial charge >= 0.3 is 0 Å². The Hall–Kier alpha value is -2.78. The van der Waals surface area contributed by atoms with Gasteiger partial charge in [-0.2, -0.15) is 0 Å². The minimum Gasteiger partial charge on any atom is -0.497 e. The van der Waals surface area contributed by atoms with Gasteiger partial charge in [-0.3, -0.25) is 13.9 Å². The van der Waals surface area contributed by atoms with E-state index in [0.29, 0.717) is 28.4 Å². The van der Waals surface area contributed by atoms with Crippen molar-refractivity contribution in [2.75, 3.05) is 24.2 Å². The highest BCUT2D eigenvalue weighted by molar-refractivity contribution is 7.92. The van der Waals surface area contributed by atoms with Crippen LogP contribution in [0.15, 0.2) is 42.5 Å². The number of methoxy groups -OCH3 is 1. The topological polar surface area (TPSA) is 96.0 Å². The van der Waals surface area contributed by atoms with E-state index >= 15 is 0 Å². The fourth-order valence-corrected chi connectivity index (χ4v) is 5.94. The lowest BCUT2D eigenvalue weighted by atomic mass is 9.95. The van der Waals surface area contributed by atoms with Gasteiger partial charge in [0.25, 0.3) is 0 Å². The fourth-order valence-electron chi connectivity index (χ4n) is 4.88. The lowest BCUT2D eigenvalue weighted by Gasteiger charge is -2.34. The maximum atomic E-state index is 13.9. The second kappa shape index (κ2) is 13.3. The van der Waals surface area contributed by atoms with E-state index in [-0.39, 0.29) is 18.5 Å². The van der Waals surface area contributed by atoms with E-state index in [9.17, 15) is 18.0 Å². The molecule has 2 aromatic carbocycles. The molecule has 0 aromatic heterocycles. The molecule has 208 valence electrons. The Morgan fingerprint density at radius 3 is 2.47 bits per heavy atom. The lowest BCUT2D eigenvalue weighted by Crippen LogP contribution is -2.54. The Balaban J connectivity index is 1.96. The number of ether oxygens (including phenoxy) is 1. The van der Waals surface area contributed by atoms with Crippen LogP contribution in [0, 0.1) is 6.92 Å². The minimum atomic E-state index is -3.84. The summed E-state index contributed by atoms with van der Waals surface area (Å²) >= 11 is 6.17. The van der Waals surface area contributed by atoms with Crippen molar-refractivity contribution in [1.29, 1.82) is 0 Å². The minimum absolute atomic E-state index is 0.0840. The van der Waals surface area contributed by atoms with Gasteiger partial charge in [0, 0.05) is 17.6 Å². The highest BCUT2D eigenvalue weighted by Gasteiger charge is 2.33. The average Bonchev–Trinajstić information content (AvgIpc) is 2.88. The molecule has 1 fully saturated rings. The highest BCUT2D eigenvalue weighted by Crippen LogP contribution is 2.27. The van der Waals surface area contributed by atoms with Crippen LogP contribution in [0.25, 0.3) is 0 Å². The zero-order valence-corrected chi connectivity index (χ0v) is 24.1. The Morgan fingerprint density at radius 1 is 1.13 bits per heavy atom. The third kappa shape index (κ3) is 7.86. The molecule has 38 heavy (non-hydrogen) atoms. The summed E-state index contributed by atoms with van der Waals surface area (Å²) in [7, 11) is -2.28. The normalized spacial score (nSPS) is 15.0. The first kappa shape index (κ1) is 29.8. The van der Waals surface area contributed by atoms with Gasteiger partial charge in [0.2, 0.25) is 21.8 Å². The molecule has 0 aliphatic heterocycles. The molecule has 0 heterocycles. The average molecular weight is 564 g/mol. The molecule has 1 unspecified atom stereocenters. The molecule has 1 aliphatic rings. The summed E-state index contributed by atoms with van der Waals surface area (Å²) in [6, 6.07) is 11.5. The first-order chi connectivity index (χ1) is 18.0. The largest absolute Gasteiger partial charge is 0.497 e. The number of rotatable bonds is 11. The summed E-state index contributed by atoms with van der Waals surface area (Å²) in [4.78, 5) is 28.9. The van der Waals surface area contributed by atoms with Crippen LogP contribution in [0.3, 0.4) is 0 Å². The molecule has 3 rings (SSSR count). The second-order valence-electron chi connectivity index (χ2n) is 9.84. The predicted octanol–water partition coefficient (Wildman–Crippen LogP) is 4.68. The van der Waals surface area contributed by atoms with E-state index in [0.717, 1.165) is 48.2 Å². The summed E-state index contributed by atoms with van der Waals surface area (Å²) in [6.45, 7) is 3.27. The van der Waals surface area contributed by atoms with E-state index in [1.807, 2.05) is 25.1 Å². The number of nitrogens with zero attached hydrogens (tertiary/aromatic N) is 2. The Labute approximate surface area is 231 Å². The molecule has 0 saturated heterocycles. The van der Waals surface area contributed by atoms with Crippen molar-refractivity contribution in [2.45, 2.75) is 71.0 Å². The zero-order chi connectivity index (χ0) is 27.9. The molecular formula is C28H38ClN3O5S. The first-order valence-corrected chi connectivity index (χ1v) is 15.2. The Bertz CT molecular complexity index is 1230. The fraction of sp³-hybridized carbons (Fsp3) is 0.500. The number of anilines is 1. The van der Waals surface area contributed by atoms with Gasteiger partial charge in [0.05, 0.1) is 19.1 Å². The Kier molecular flexibility index (Phi) is 10.4. The third-order valence-corrected chi connectivity index (χ3v) is 8.31. The number of carbonyl (C=O) groups is 2. The second-order valence-corrected chi connectivity index (χ2v) is 12.2. The van der Waals surface area contributed by atoms with E-state index in [1.54, 1.807) is 32.2 Å². The van der Waals surface area contributed by atoms with Gasteiger partial charge in [0.15, 0.2) is 0 Å². The summed E-state index contributed by atoms with van der Waals surface area (Å²) in [5, 5.41) is 3.50. The number of sulfonamides is 1. The van der Waals surface area contributed by atoms with Gasteiger partial charge in [-0.15, -0.1) is 0 Å². The van der Waals surface area contributed by atoms with E-state index in [2.05, 4.69) is 5.32 Å². The van der Waals surface area contributed by atoms with Crippen LogP contribution in [-0.4, -0.2) is 57.1 Å². The molecule has 0 spiro atoms. The number of amides is 2. The van der Waals surface area contributed by atoms with E-state index < -0.39 is 28.5 Å². The molecule has 10 heteroatoms. The van der Waals surface area contributed by atoms with Crippen molar-refractivity contribution in [3.63, 3.8) is 0 Å². The zero-order valence-electron chi connectivity index (χ0n) is 22.6. The highest BCUT2D eigenvalue weighted by atomic mass is 35.5. The van der Waals surface area contributed by atoms with E-state index in [1.165, 1.54) is 11.0 Å². The molecule has 0 bridgehead atoms. The van der Waals surface area contributed by atoms with Gasteiger partial charge in [-0.1, -0.05) is 56.0 Å². The number of hydrogen-bond donors (Lipinski definition) is 1. The first-order valence-electron chi connectivity index (χ1n) is 13.0.